The molecule has 6 heteroatoms. The first kappa shape index (κ1) is 15.8. The van der Waals surface area contributed by atoms with Crippen molar-refractivity contribution < 1.29 is 9.47 Å². The fraction of sp³-hybridized carbons (Fsp3) is 0.538. The van der Waals surface area contributed by atoms with Gasteiger partial charge in [-0.3, -0.25) is 4.90 Å². The molecule has 3 nitrogen and oxygen atoms in total. The van der Waals surface area contributed by atoms with Crippen LogP contribution in [0.25, 0.3) is 0 Å². The summed E-state index contributed by atoms with van der Waals surface area (Å²) in [5, 5.41) is 0. The van der Waals surface area contributed by atoms with Gasteiger partial charge in [0.1, 0.15) is 5.75 Å². The van der Waals surface area contributed by atoms with E-state index in [4.69, 9.17) is 9.47 Å². The maximum Gasteiger partial charge on any atom is 0.147 e. The summed E-state index contributed by atoms with van der Waals surface area (Å²) in [4.78, 5) is 2.32. The van der Waals surface area contributed by atoms with E-state index in [9.17, 15) is 0 Å². The highest BCUT2D eigenvalue weighted by Gasteiger charge is 2.20. The van der Waals surface area contributed by atoms with Crippen LogP contribution in [0.5, 0.6) is 5.75 Å². The lowest BCUT2D eigenvalue weighted by atomic mass is 10.1. The Bertz CT molecular complexity index is 468. The van der Waals surface area contributed by atoms with E-state index in [1.54, 1.807) is 7.11 Å². The van der Waals surface area contributed by atoms with Crippen LogP contribution in [-0.4, -0.2) is 37.9 Å². The van der Waals surface area contributed by atoms with E-state index < -0.39 is 0 Å². The maximum absolute atomic E-state index is 5.55. The van der Waals surface area contributed by atoms with Crippen molar-refractivity contribution >= 4 is 47.8 Å². The first-order valence-corrected chi connectivity index (χ1v) is 8.45. The quantitative estimate of drug-likeness (QED) is 0.676. The lowest BCUT2D eigenvalue weighted by molar-refractivity contribution is 0.0994. The van der Waals surface area contributed by atoms with E-state index in [0.29, 0.717) is 6.10 Å². The van der Waals surface area contributed by atoms with Crippen LogP contribution in [0.2, 0.25) is 0 Å². The minimum absolute atomic E-state index is 0.339. The number of methoxy groups -OCH3 is 1. The van der Waals surface area contributed by atoms with Gasteiger partial charge in [0.15, 0.2) is 0 Å². The zero-order chi connectivity index (χ0) is 14.0. The van der Waals surface area contributed by atoms with E-state index in [1.165, 1.54) is 5.56 Å². The Balaban J connectivity index is 2.11. The standard InChI is InChI=1S/C13H16Br3NO2/c1-8-6-17(7-19-8)4-3-9-10(14)5-11(15)13(18-2)12(9)16/h5,8H,3-4,6-7H2,1-2H3. The Morgan fingerprint density at radius 1 is 1.37 bits per heavy atom. The van der Waals surface area contributed by atoms with E-state index in [1.807, 2.05) is 6.07 Å². The van der Waals surface area contributed by atoms with Crippen molar-refractivity contribution in [3.8, 4) is 5.75 Å². The van der Waals surface area contributed by atoms with E-state index in [0.717, 1.165) is 45.4 Å². The van der Waals surface area contributed by atoms with Crippen LogP contribution in [0.15, 0.2) is 19.5 Å². The Labute approximate surface area is 139 Å². The SMILES string of the molecule is COc1c(Br)cc(Br)c(CCN2COC(C)C2)c1Br. The zero-order valence-electron chi connectivity index (χ0n) is 10.9. The topological polar surface area (TPSA) is 21.7 Å². The van der Waals surface area contributed by atoms with Crippen molar-refractivity contribution in [3.05, 3.63) is 25.0 Å². The number of rotatable bonds is 4. The molecule has 0 spiro atoms. The third-order valence-corrected chi connectivity index (χ3v) is 5.30. The monoisotopic (exact) mass is 455 g/mol. The largest absolute Gasteiger partial charge is 0.494 e. The summed E-state index contributed by atoms with van der Waals surface area (Å²) < 4.78 is 14.0. The predicted octanol–water partition coefficient (Wildman–Crippen LogP) is 4.20. The third-order valence-electron chi connectivity index (χ3n) is 3.16. The second kappa shape index (κ2) is 6.89. The summed E-state index contributed by atoms with van der Waals surface area (Å²) in [6.07, 6.45) is 1.28. The van der Waals surface area contributed by atoms with Crippen LogP contribution >= 0.6 is 47.8 Å². The molecule has 1 aliphatic heterocycles. The molecule has 0 aliphatic carbocycles. The molecule has 1 aliphatic rings. The van der Waals surface area contributed by atoms with Crippen LogP contribution in [0.3, 0.4) is 0 Å². The minimum atomic E-state index is 0.339. The second-order valence-electron chi connectivity index (χ2n) is 4.60. The number of benzene rings is 1. The normalized spacial score (nSPS) is 19.9. The first-order valence-electron chi connectivity index (χ1n) is 6.07. The number of hydrogen-bond acceptors (Lipinski definition) is 3. The van der Waals surface area contributed by atoms with Gasteiger partial charge in [0, 0.05) is 17.6 Å². The average molecular weight is 458 g/mol. The van der Waals surface area contributed by atoms with Gasteiger partial charge in [0.25, 0.3) is 0 Å². The molecule has 1 unspecified atom stereocenters. The molecule has 1 saturated heterocycles. The molecule has 1 heterocycles. The van der Waals surface area contributed by atoms with Crippen molar-refractivity contribution in [1.29, 1.82) is 0 Å². The molecule has 0 saturated carbocycles. The van der Waals surface area contributed by atoms with Crippen LogP contribution in [0.1, 0.15) is 12.5 Å². The highest BCUT2D eigenvalue weighted by atomic mass is 79.9. The third kappa shape index (κ3) is 3.73. The van der Waals surface area contributed by atoms with Gasteiger partial charge in [-0.15, -0.1) is 0 Å². The molecule has 0 bridgehead atoms. The summed E-state index contributed by atoms with van der Waals surface area (Å²) in [6.45, 7) is 4.81. The van der Waals surface area contributed by atoms with Crippen molar-refractivity contribution in [2.45, 2.75) is 19.4 Å². The minimum Gasteiger partial charge on any atom is -0.494 e. The van der Waals surface area contributed by atoms with E-state index in [2.05, 4.69) is 59.6 Å². The number of nitrogens with zero attached hydrogens (tertiary/aromatic N) is 1. The smallest absolute Gasteiger partial charge is 0.147 e. The van der Waals surface area contributed by atoms with Gasteiger partial charge in [0.2, 0.25) is 0 Å². The zero-order valence-corrected chi connectivity index (χ0v) is 15.6. The molecule has 1 aromatic carbocycles. The molecule has 1 fully saturated rings. The van der Waals surface area contributed by atoms with Crippen molar-refractivity contribution in [2.24, 2.45) is 0 Å². The fourth-order valence-corrected chi connectivity index (χ4v) is 5.00. The molecule has 0 radical (unpaired) electrons. The average Bonchev–Trinajstić information content (AvgIpc) is 2.75. The molecule has 2 rings (SSSR count). The Kier molecular flexibility index (Phi) is 5.72. The van der Waals surface area contributed by atoms with Gasteiger partial charge in [-0.1, -0.05) is 15.9 Å². The van der Waals surface area contributed by atoms with Gasteiger partial charge < -0.3 is 9.47 Å². The molecule has 0 N–H and O–H groups in total. The van der Waals surface area contributed by atoms with Gasteiger partial charge in [-0.2, -0.15) is 0 Å². The molecule has 1 atom stereocenters. The summed E-state index contributed by atoms with van der Waals surface area (Å²) in [6, 6.07) is 2.03. The van der Waals surface area contributed by atoms with Gasteiger partial charge in [0.05, 0.1) is 28.9 Å². The molecule has 0 amide bonds. The van der Waals surface area contributed by atoms with Crippen LogP contribution in [0, 0.1) is 0 Å². The number of halogens is 3. The first-order chi connectivity index (χ1) is 9.02. The lowest BCUT2D eigenvalue weighted by Gasteiger charge is -2.17. The highest BCUT2D eigenvalue weighted by molar-refractivity contribution is 9.11. The Hall–Kier alpha value is 0.380. The summed E-state index contributed by atoms with van der Waals surface area (Å²) in [5.41, 5.74) is 1.22. The number of hydrogen-bond donors (Lipinski definition) is 0. The molecule has 19 heavy (non-hydrogen) atoms. The Morgan fingerprint density at radius 3 is 2.68 bits per heavy atom. The van der Waals surface area contributed by atoms with Crippen LogP contribution in [0.4, 0.5) is 0 Å². The Morgan fingerprint density at radius 2 is 2.11 bits per heavy atom. The summed E-state index contributed by atoms with van der Waals surface area (Å²) >= 11 is 10.7. The van der Waals surface area contributed by atoms with E-state index in [-0.39, 0.29) is 0 Å². The molecular weight excluding hydrogens is 442 g/mol. The van der Waals surface area contributed by atoms with Gasteiger partial charge in [-0.25, -0.2) is 0 Å². The van der Waals surface area contributed by atoms with Gasteiger partial charge >= 0.3 is 0 Å². The second-order valence-corrected chi connectivity index (χ2v) is 7.10. The van der Waals surface area contributed by atoms with Crippen molar-refractivity contribution in [3.63, 3.8) is 0 Å². The van der Waals surface area contributed by atoms with Crippen LogP contribution in [-0.2, 0) is 11.2 Å². The lowest BCUT2D eigenvalue weighted by Crippen LogP contribution is -2.24. The predicted molar refractivity (Wildman–Crippen MR) is 86.8 cm³/mol. The maximum atomic E-state index is 5.55. The summed E-state index contributed by atoms with van der Waals surface area (Å²) in [5.74, 6) is 0.837. The molecule has 0 aromatic heterocycles. The summed E-state index contributed by atoms with van der Waals surface area (Å²) in [7, 11) is 1.68. The molecule has 1 aromatic rings. The van der Waals surface area contributed by atoms with Crippen LogP contribution < -0.4 is 4.74 Å². The molecular formula is C13H16Br3NO2. The molecule has 106 valence electrons. The highest BCUT2D eigenvalue weighted by Crippen LogP contribution is 2.40. The van der Waals surface area contributed by atoms with E-state index >= 15 is 0 Å². The number of ether oxygens (including phenoxy) is 2. The fourth-order valence-electron chi connectivity index (χ4n) is 2.15. The van der Waals surface area contributed by atoms with Crippen molar-refractivity contribution in [2.75, 3.05) is 26.9 Å². The van der Waals surface area contributed by atoms with Crippen molar-refractivity contribution in [1.82, 2.24) is 4.90 Å². The van der Waals surface area contributed by atoms with Gasteiger partial charge in [-0.05, 0) is 56.8 Å².